The van der Waals surface area contributed by atoms with Gasteiger partial charge in [-0.25, -0.2) is 4.79 Å². The van der Waals surface area contributed by atoms with E-state index in [9.17, 15) is 0 Å². The average molecular weight is 198 g/mol. The van der Waals surface area contributed by atoms with Crippen LogP contribution in [-0.4, -0.2) is 17.9 Å². The molecule has 0 spiro atoms. The van der Waals surface area contributed by atoms with Gasteiger partial charge < -0.3 is 21.4 Å². The van der Waals surface area contributed by atoms with Crippen LogP contribution >= 0.6 is 0 Å². The summed E-state index contributed by atoms with van der Waals surface area (Å²) < 4.78 is 0. The molecule has 0 aliphatic carbocycles. The Bertz CT molecular complexity index is 255. The van der Waals surface area contributed by atoms with E-state index in [1.165, 1.54) is 0 Å². The van der Waals surface area contributed by atoms with Gasteiger partial charge in [0.1, 0.15) is 12.5 Å². The molecule has 0 bridgehead atoms. The molecule has 1 aromatic carbocycles. The molecule has 0 fully saturated rings. The van der Waals surface area contributed by atoms with Gasteiger partial charge in [0.15, 0.2) is 0 Å². The molecule has 2 amide bonds. The van der Waals surface area contributed by atoms with Crippen molar-refractivity contribution in [3.8, 4) is 5.75 Å². The van der Waals surface area contributed by atoms with Gasteiger partial charge in [0, 0.05) is 0 Å². The molecule has 0 atom stereocenters. The second-order valence-corrected chi connectivity index (χ2v) is 2.24. The molecule has 0 saturated heterocycles. The van der Waals surface area contributed by atoms with Gasteiger partial charge in [-0.1, -0.05) is 12.1 Å². The maximum absolute atomic E-state index is 9.00. The van der Waals surface area contributed by atoms with Crippen LogP contribution in [0.4, 0.5) is 4.79 Å². The van der Waals surface area contributed by atoms with Crippen molar-refractivity contribution >= 4 is 12.8 Å². The minimum Gasteiger partial charge on any atom is -0.508 e. The SMILES string of the molecule is C=O.Cc1cccc(O)c1.NC(N)=O. The molecule has 0 aliphatic heterocycles. The maximum Gasteiger partial charge on any atom is 0.309 e. The Balaban J connectivity index is 0. The summed E-state index contributed by atoms with van der Waals surface area (Å²) in [5.41, 5.74) is 9.59. The van der Waals surface area contributed by atoms with Crippen molar-refractivity contribution in [2.45, 2.75) is 6.92 Å². The Morgan fingerprint density at radius 2 is 1.79 bits per heavy atom. The molecule has 5 N–H and O–H groups in total. The van der Waals surface area contributed by atoms with E-state index >= 15 is 0 Å². The fourth-order valence-corrected chi connectivity index (χ4v) is 0.628. The molecule has 1 aromatic rings. The van der Waals surface area contributed by atoms with Gasteiger partial charge in [-0.2, -0.15) is 0 Å². The zero-order valence-corrected chi connectivity index (χ0v) is 7.93. The van der Waals surface area contributed by atoms with E-state index in [1.807, 2.05) is 25.8 Å². The Labute approximate surface area is 82.3 Å². The fourth-order valence-electron chi connectivity index (χ4n) is 0.628. The van der Waals surface area contributed by atoms with E-state index < -0.39 is 6.03 Å². The van der Waals surface area contributed by atoms with Crippen LogP contribution < -0.4 is 11.5 Å². The number of amides is 2. The first-order valence-electron chi connectivity index (χ1n) is 3.62. The number of hydrogen-bond acceptors (Lipinski definition) is 3. The Kier molecular flexibility index (Phi) is 9.36. The van der Waals surface area contributed by atoms with Gasteiger partial charge in [0.25, 0.3) is 0 Å². The molecule has 5 heteroatoms. The Morgan fingerprint density at radius 3 is 2.00 bits per heavy atom. The standard InChI is InChI=1S/C7H8O.CH4N2O.CH2O/c1-6-3-2-4-7(8)5-6;2-1(3)4;1-2/h2-5,8H,1H3;(H4,2,3,4);1H2. The highest BCUT2D eigenvalue weighted by Gasteiger charge is 1.83. The number of benzene rings is 1. The highest BCUT2D eigenvalue weighted by Crippen LogP contribution is 2.08. The molecule has 0 aromatic heterocycles. The van der Waals surface area contributed by atoms with Crippen LogP contribution in [0.25, 0.3) is 0 Å². The van der Waals surface area contributed by atoms with E-state index in [0.29, 0.717) is 5.75 Å². The normalized spacial score (nSPS) is 7.21. The lowest BCUT2D eigenvalue weighted by Gasteiger charge is -1.89. The summed E-state index contributed by atoms with van der Waals surface area (Å²) in [4.78, 5) is 17.0. The topological polar surface area (TPSA) is 106 Å². The number of nitrogens with two attached hydrogens (primary N) is 2. The first-order valence-corrected chi connectivity index (χ1v) is 3.62. The van der Waals surface area contributed by atoms with Crippen LogP contribution in [-0.2, 0) is 4.79 Å². The quantitative estimate of drug-likeness (QED) is 0.566. The largest absolute Gasteiger partial charge is 0.508 e. The summed E-state index contributed by atoms with van der Waals surface area (Å²) in [7, 11) is 0. The lowest BCUT2D eigenvalue weighted by molar-refractivity contribution is -0.0979. The molecule has 0 radical (unpaired) electrons. The van der Waals surface area contributed by atoms with Crippen LogP contribution in [0, 0.1) is 6.92 Å². The number of phenolic OH excluding ortho intramolecular Hbond substituents is 1. The predicted octanol–water partition coefficient (Wildman–Crippen LogP) is 0.540. The summed E-state index contributed by atoms with van der Waals surface area (Å²) in [6.45, 7) is 3.94. The van der Waals surface area contributed by atoms with Crippen molar-refractivity contribution in [2.75, 3.05) is 0 Å². The maximum atomic E-state index is 9.00. The van der Waals surface area contributed by atoms with Crippen molar-refractivity contribution < 1.29 is 14.7 Å². The molecular formula is C9H14N2O3. The van der Waals surface area contributed by atoms with Crippen molar-refractivity contribution in [3.63, 3.8) is 0 Å². The third-order valence-electron chi connectivity index (χ3n) is 1.00. The Hall–Kier alpha value is -2.04. The molecule has 0 heterocycles. The van der Waals surface area contributed by atoms with Crippen molar-refractivity contribution in [1.82, 2.24) is 0 Å². The van der Waals surface area contributed by atoms with Crippen LogP contribution in [0.3, 0.4) is 0 Å². The number of aryl methyl sites for hydroxylation is 1. The Morgan fingerprint density at radius 1 is 1.36 bits per heavy atom. The van der Waals surface area contributed by atoms with E-state index in [4.69, 9.17) is 14.7 Å². The molecule has 0 saturated carbocycles. The number of carbonyl (C=O) groups excluding carboxylic acids is 2. The van der Waals surface area contributed by atoms with Gasteiger partial charge in [-0.3, -0.25) is 0 Å². The predicted molar refractivity (Wildman–Crippen MR) is 53.7 cm³/mol. The molecular weight excluding hydrogens is 184 g/mol. The van der Waals surface area contributed by atoms with E-state index in [0.717, 1.165) is 5.56 Å². The van der Waals surface area contributed by atoms with E-state index in [2.05, 4.69) is 11.5 Å². The summed E-state index contributed by atoms with van der Waals surface area (Å²) in [6, 6.07) is 6.32. The summed E-state index contributed by atoms with van der Waals surface area (Å²) in [5, 5.41) is 8.81. The fraction of sp³-hybridized carbons (Fsp3) is 0.111. The van der Waals surface area contributed by atoms with Gasteiger partial charge in [0.05, 0.1) is 0 Å². The highest BCUT2D eigenvalue weighted by atomic mass is 16.3. The van der Waals surface area contributed by atoms with E-state index in [-0.39, 0.29) is 0 Å². The smallest absolute Gasteiger partial charge is 0.309 e. The highest BCUT2D eigenvalue weighted by molar-refractivity contribution is 5.69. The minimum absolute atomic E-state index is 0.338. The number of aromatic hydroxyl groups is 1. The first-order chi connectivity index (χ1) is 6.52. The number of urea groups is 1. The minimum atomic E-state index is -0.833. The third kappa shape index (κ3) is 12.6. The number of primary amides is 2. The van der Waals surface area contributed by atoms with Crippen LogP contribution in [0.15, 0.2) is 24.3 Å². The summed E-state index contributed by atoms with van der Waals surface area (Å²) >= 11 is 0. The van der Waals surface area contributed by atoms with Gasteiger partial charge >= 0.3 is 6.03 Å². The number of phenols is 1. The first kappa shape index (κ1) is 14.5. The molecule has 0 unspecified atom stereocenters. The summed E-state index contributed by atoms with van der Waals surface area (Å²) in [6.07, 6.45) is 0. The second-order valence-electron chi connectivity index (χ2n) is 2.24. The van der Waals surface area contributed by atoms with Crippen molar-refractivity contribution in [1.29, 1.82) is 0 Å². The van der Waals surface area contributed by atoms with Gasteiger partial charge in [0.2, 0.25) is 0 Å². The lowest BCUT2D eigenvalue weighted by atomic mass is 10.2. The van der Waals surface area contributed by atoms with Gasteiger partial charge in [-0.05, 0) is 24.6 Å². The number of hydrogen-bond donors (Lipinski definition) is 3. The molecule has 78 valence electrons. The zero-order chi connectivity index (χ0) is 11.6. The zero-order valence-electron chi connectivity index (χ0n) is 7.93. The summed E-state index contributed by atoms with van der Waals surface area (Å²) in [5.74, 6) is 0.338. The molecule has 0 aliphatic rings. The third-order valence-corrected chi connectivity index (χ3v) is 1.00. The molecule has 14 heavy (non-hydrogen) atoms. The van der Waals surface area contributed by atoms with Gasteiger partial charge in [-0.15, -0.1) is 0 Å². The van der Waals surface area contributed by atoms with Crippen LogP contribution in [0.1, 0.15) is 5.56 Å². The molecule has 5 nitrogen and oxygen atoms in total. The van der Waals surface area contributed by atoms with Crippen molar-refractivity contribution in [2.24, 2.45) is 11.5 Å². The average Bonchev–Trinajstić information content (AvgIpc) is 2.06. The monoisotopic (exact) mass is 198 g/mol. The second kappa shape index (κ2) is 9.05. The van der Waals surface area contributed by atoms with Crippen LogP contribution in [0.2, 0.25) is 0 Å². The molecule has 1 rings (SSSR count). The lowest BCUT2D eigenvalue weighted by Crippen LogP contribution is -2.18. The number of carbonyl (C=O) groups is 2. The van der Waals surface area contributed by atoms with E-state index in [1.54, 1.807) is 12.1 Å². The number of rotatable bonds is 0. The van der Waals surface area contributed by atoms with Crippen LogP contribution in [0.5, 0.6) is 5.75 Å². The van der Waals surface area contributed by atoms with Crippen molar-refractivity contribution in [3.05, 3.63) is 29.8 Å².